The molecule has 4 aromatic rings. The minimum absolute atomic E-state index is 0.238. The van der Waals surface area contributed by atoms with Gasteiger partial charge in [0.15, 0.2) is 0 Å². The van der Waals surface area contributed by atoms with Gasteiger partial charge in [0.1, 0.15) is 10.5 Å². The highest BCUT2D eigenvalue weighted by Crippen LogP contribution is 2.27. The number of hydrogen-bond donors (Lipinski definition) is 2. The van der Waals surface area contributed by atoms with E-state index < -0.39 is 6.10 Å². The van der Waals surface area contributed by atoms with Crippen molar-refractivity contribution in [3.05, 3.63) is 70.9 Å². The van der Waals surface area contributed by atoms with Gasteiger partial charge in [0, 0.05) is 30.8 Å². The van der Waals surface area contributed by atoms with Gasteiger partial charge in [-0.3, -0.25) is 9.48 Å². The Morgan fingerprint density at radius 2 is 2.12 bits per heavy atom. The average Bonchev–Trinajstić information content (AvgIpc) is 3.45. The van der Waals surface area contributed by atoms with Crippen molar-refractivity contribution in [2.45, 2.75) is 25.0 Å². The molecule has 8 heteroatoms. The van der Waals surface area contributed by atoms with Crippen molar-refractivity contribution in [3.63, 3.8) is 0 Å². The number of fused-ring (bicyclic) bond motifs is 1. The molecule has 0 radical (unpaired) electrons. The van der Waals surface area contributed by atoms with Crippen molar-refractivity contribution in [3.8, 4) is 11.3 Å². The fraction of sp³-hybridized carbons (Fsp3) is 0.292. The average molecular weight is 449 g/mol. The summed E-state index contributed by atoms with van der Waals surface area (Å²) in [6, 6.07) is 13.9. The molecular formula is C24H24N4O3S. The Hall–Kier alpha value is -3.07. The summed E-state index contributed by atoms with van der Waals surface area (Å²) < 4.78 is 7.04. The van der Waals surface area contributed by atoms with Crippen LogP contribution in [0.25, 0.3) is 21.5 Å². The molecule has 4 heterocycles. The highest BCUT2D eigenvalue weighted by Gasteiger charge is 2.26. The Kier molecular flexibility index (Phi) is 5.73. The summed E-state index contributed by atoms with van der Waals surface area (Å²) in [5.74, 6) is -0.266. The number of aliphatic hydroxyl groups excluding tert-OH is 1. The van der Waals surface area contributed by atoms with Crippen molar-refractivity contribution < 1.29 is 14.6 Å². The first kappa shape index (κ1) is 20.8. The molecule has 0 bridgehead atoms. The highest BCUT2D eigenvalue weighted by atomic mass is 32.1. The second kappa shape index (κ2) is 8.82. The topological polar surface area (TPSA) is 89.3 Å². The monoisotopic (exact) mass is 448 g/mol. The molecule has 164 valence electrons. The van der Waals surface area contributed by atoms with E-state index in [1.165, 1.54) is 11.3 Å². The van der Waals surface area contributed by atoms with Crippen LogP contribution in [0.3, 0.4) is 0 Å². The molecule has 2 N–H and O–H groups in total. The lowest BCUT2D eigenvalue weighted by Gasteiger charge is -2.28. The maximum absolute atomic E-state index is 12.9. The van der Waals surface area contributed by atoms with E-state index >= 15 is 0 Å². The van der Waals surface area contributed by atoms with Crippen LogP contribution >= 0.6 is 11.3 Å². The minimum atomic E-state index is -0.699. The van der Waals surface area contributed by atoms with Gasteiger partial charge >= 0.3 is 0 Å². The number of aliphatic hydroxyl groups is 1. The standard InChI is InChI=1S/C24H24N4O3S/c1-28-9-6-19(27-28)16-4-2-15(3-5-16)12-17-13-21(26-24-18(17)8-11-32-24)23(30)25-20-7-10-31-14-22(20)29/h2-6,8-9,11,13,20,22,29H,7,10,12,14H2,1H3,(H,25,30)/t20-,22-/m0/s1. The predicted octanol–water partition coefficient (Wildman–Crippen LogP) is 3.17. The molecule has 2 atom stereocenters. The van der Waals surface area contributed by atoms with Crippen LogP contribution in [-0.4, -0.2) is 51.1 Å². The van der Waals surface area contributed by atoms with Gasteiger partial charge in [0.25, 0.3) is 5.91 Å². The van der Waals surface area contributed by atoms with E-state index in [9.17, 15) is 9.90 Å². The molecule has 1 aromatic carbocycles. The lowest BCUT2D eigenvalue weighted by molar-refractivity contribution is -0.0261. The molecule has 1 fully saturated rings. The number of amides is 1. The lowest BCUT2D eigenvalue weighted by Crippen LogP contribution is -2.48. The molecule has 0 aliphatic carbocycles. The van der Waals surface area contributed by atoms with Gasteiger partial charge in [0.05, 0.1) is 24.4 Å². The maximum atomic E-state index is 12.9. The summed E-state index contributed by atoms with van der Waals surface area (Å²) in [4.78, 5) is 18.3. The van der Waals surface area contributed by atoms with Crippen molar-refractivity contribution in [1.82, 2.24) is 20.1 Å². The van der Waals surface area contributed by atoms with E-state index in [0.29, 0.717) is 25.1 Å². The second-order valence-electron chi connectivity index (χ2n) is 8.07. The van der Waals surface area contributed by atoms with Crippen molar-refractivity contribution in [2.75, 3.05) is 13.2 Å². The third-order valence-corrected chi connectivity index (χ3v) is 6.56. The number of nitrogens with zero attached hydrogens (tertiary/aromatic N) is 3. The van der Waals surface area contributed by atoms with Crippen molar-refractivity contribution >= 4 is 27.5 Å². The number of rotatable bonds is 5. The molecule has 7 nitrogen and oxygen atoms in total. The number of hydrogen-bond acceptors (Lipinski definition) is 6. The number of aromatic nitrogens is 3. The molecule has 1 aliphatic rings. The molecule has 0 spiro atoms. The molecular weight excluding hydrogens is 424 g/mol. The van der Waals surface area contributed by atoms with Crippen LogP contribution < -0.4 is 5.32 Å². The van der Waals surface area contributed by atoms with Crippen molar-refractivity contribution in [1.29, 1.82) is 0 Å². The van der Waals surface area contributed by atoms with Gasteiger partial charge < -0.3 is 15.2 Å². The van der Waals surface area contributed by atoms with E-state index in [1.54, 1.807) is 4.68 Å². The van der Waals surface area contributed by atoms with E-state index in [-0.39, 0.29) is 18.6 Å². The first-order valence-corrected chi connectivity index (χ1v) is 11.5. The van der Waals surface area contributed by atoms with Gasteiger partial charge in [0.2, 0.25) is 0 Å². The quantitative estimate of drug-likeness (QED) is 0.490. The number of carbonyl (C=O) groups excluding carboxylic acids is 1. The zero-order valence-corrected chi connectivity index (χ0v) is 18.5. The van der Waals surface area contributed by atoms with E-state index in [2.05, 4.69) is 45.7 Å². The largest absolute Gasteiger partial charge is 0.389 e. The fourth-order valence-corrected chi connectivity index (χ4v) is 4.81. The van der Waals surface area contributed by atoms with Crippen molar-refractivity contribution in [2.24, 2.45) is 7.05 Å². The molecule has 1 saturated heterocycles. The fourth-order valence-electron chi connectivity index (χ4n) is 4.00. The van der Waals surface area contributed by atoms with Crippen LogP contribution in [0.15, 0.2) is 54.0 Å². The number of pyridine rings is 1. The third-order valence-electron chi connectivity index (χ3n) is 5.76. The van der Waals surface area contributed by atoms with Crippen LogP contribution in [0.4, 0.5) is 0 Å². The first-order chi connectivity index (χ1) is 15.6. The number of carbonyl (C=O) groups is 1. The summed E-state index contributed by atoms with van der Waals surface area (Å²) >= 11 is 1.52. The van der Waals surface area contributed by atoms with Crippen LogP contribution in [0.5, 0.6) is 0 Å². The summed E-state index contributed by atoms with van der Waals surface area (Å²) in [5, 5.41) is 20.5. The number of aryl methyl sites for hydroxylation is 1. The van der Waals surface area contributed by atoms with E-state index in [0.717, 1.165) is 32.6 Å². The molecule has 0 unspecified atom stereocenters. The van der Waals surface area contributed by atoms with Gasteiger partial charge in [-0.25, -0.2) is 4.98 Å². The Bertz CT molecular complexity index is 1250. The van der Waals surface area contributed by atoms with Crippen LogP contribution in [0.1, 0.15) is 28.0 Å². The zero-order chi connectivity index (χ0) is 22.1. The third kappa shape index (κ3) is 4.29. The van der Waals surface area contributed by atoms with E-state index in [1.807, 2.05) is 30.8 Å². The summed E-state index contributed by atoms with van der Waals surface area (Å²) in [5.41, 5.74) is 4.59. The van der Waals surface area contributed by atoms with Gasteiger partial charge in [-0.15, -0.1) is 11.3 Å². The Labute approximate surface area is 189 Å². The van der Waals surface area contributed by atoms with E-state index in [4.69, 9.17) is 4.74 Å². The number of ether oxygens (including phenoxy) is 1. The first-order valence-electron chi connectivity index (χ1n) is 10.6. The molecule has 32 heavy (non-hydrogen) atoms. The predicted molar refractivity (Wildman–Crippen MR) is 124 cm³/mol. The molecule has 1 aliphatic heterocycles. The minimum Gasteiger partial charge on any atom is -0.389 e. The smallest absolute Gasteiger partial charge is 0.270 e. The normalized spacial score (nSPS) is 18.7. The molecule has 1 amide bonds. The summed E-state index contributed by atoms with van der Waals surface area (Å²) in [7, 11) is 1.91. The summed E-state index contributed by atoms with van der Waals surface area (Å²) in [6.07, 6.45) is 2.51. The molecule has 5 rings (SSSR count). The molecule has 3 aromatic heterocycles. The summed E-state index contributed by atoms with van der Waals surface area (Å²) in [6.45, 7) is 0.765. The zero-order valence-electron chi connectivity index (χ0n) is 17.7. The Balaban J connectivity index is 1.39. The highest BCUT2D eigenvalue weighted by molar-refractivity contribution is 7.16. The Morgan fingerprint density at radius 1 is 1.28 bits per heavy atom. The van der Waals surface area contributed by atoms with Crippen LogP contribution in [0.2, 0.25) is 0 Å². The van der Waals surface area contributed by atoms with Gasteiger partial charge in [-0.05, 0) is 47.5 Å². The van der Waals surface area contributed by atoms with Crippen LogP contribution in [-0.2, 0) is 18.2 Å². The second-order valence-corrected chi connectivity index (χ2v) is 8.96. The number of thiophene rings is 1. The van der Waals surface area contributed by atoms with Crippen LogP contribution in [0, 0.1) is 0 Å². The Morgan fingerprint density at radius 3 is 2.88 bits per heavy atom. The SMILES string of the molecule is Cn1ccc(-c2ccc(Cc3cc(C(=O)N[C@H]4CCOC[C@@H]4O)nc4sccc34)cc2)n1. The van der Waals surface area contributed by atoms with Gasteiger partial charge in [-0.2, -0.15) is 5.10 Å². The number of nitrogens with one attached hydrogen (secondary N) is 1. The van der Waals surface area contributed by atoms with Gasteiger partial charge in [-0.1, -0.05) is 24.3 Å². The molecule has 0 saturated carbocycles. The maximum Gasteiger partial charge on any atom is 0.270 e. The number of benzene rings is 1. The lowest BCUT2D eigenvalue weighted by atomic mass is 10.0.